The van der Waals surface area contributed by atoms with Gasteiger partial charge in [-0.1, -0.05) is 34.4 Å². The van der Waals surface area contributed by atoms with Crippen LogP contribution < -0.4 is 9.62 Å². The van der Waals surface area contributed by atoms with Gasteiger partial charge >= 0.3 is 0 Å². The van der Waals surface area contributed by atoms with Crippen molar-refractivity contribution in [1.82, 2.24) is 9.88 Å². The molecule has 3 aromatic rings. The Morgan fingerprint density at radius 3 is 2.46 bits per heavy atom. The first-order chi connectivity index (χ1) is 21.9. The molecule has 2 aromatic carbocycles. The fraction of sp³-hybridized carbons (Fsp3) is 0.485. The van der Waals surface area contributed by atoms with Crippen LogP contribution in [0.2, 0.25) is 10.0 Å². The second-order valence-corrected chi connectivity index (χ2v) is 16.1. The van der Waals surface area contributed by atoms with Gasteiger partial charge in [-0.25, -0.2) is 13.1 Å². The molecule has 13 heteroatoms. The average Bonchev–Trinajstić information content (AvgIpc) is 3.51. The number of carbonyl (C=O) groups is 2. The molecule has 4 atom stereocenters. The number of hydrogen-bond donors (Lipinski definition) is 1. The smallest absolute Gasteiger partial charge is 0.264 e. The quantitative estimate of drug-likeness (QED) is 0.280. The Labute approximate surface area is 277 Å². The highest BCUT2D eigenvalue weighted by Crippen LogP contribution is 2.47. The van der Waals surface area contributed by atoms with Crippen molar-refractivity contribution in [3.05, 3.63) is 69.4 Å². The lowest BCUT2D eigenvalue weighted by molar-refractivity contribution is -0.126. The predicted molar refractivity (Wildman–Crippen MR) is 172 cm³/mol. The molecular weight excluding hydrogens is 653 g/mol. The van der Waals surface area contributed by atoms with Gasteiger partial charge in [-0.15, -0.1) is 0 Å². The maximum absolute atomic E-state index is 13.5. The largest absolute Gasteiger partial charge is 0.375 e. The molecule has 3 heterocycles. The van der Waals surface area contributed by atoms with Gasteiger partial charge < -0.3 is 18.9 Å². The van der Waals surface area contributed by atoms with Crippen molar-refractivity contribution >= 4 is 50.7 Å². The van der Waals surface area contributed by atoms with Gasteiger partial charge in [0.15, 0.2) is 0 Å². The molecule has 2 saturated heterocycles. The first-order valence-corrected chi connectivity index (χ1v) is 17.9. The van der Waals surface area contributed by atoms with E-state index in [0.29, 0.717) is 59.3 Å². The molecule has 2 amide bonds. The third-order valence-corrected chi connectivity index (χ3v) is 11.9. The number of carbonyl (C=O) groups excluding carboxylic acids is 2. The summed E-state index contributed by atoms with van der Waals surface area (Å²) in [6.07, 6.45) is 3.71. The lowest BCUT2D eigenvalue weighted by Gasteiger charge is -2.34. The van der Waals surface area contributed by atoms with Gasteiger partial charge in [0, 0.05) is 40.9 Å². The second kappa shape index (κ2) is 11.9. The Morgan fingerprint density at radius 1 is 1.09 bits per heavy atom. The lowest BCUT2D eigenvalue weighted by Crippen LogP contribution is -2.46. The van der Waals surface area contributed by atoms with Crippen LogP contribution in [0.3, 0.4) is 0 Å². The van der Waals surface area contributed by atoms with Crippen LogP contribution in [0.15, 0.2) is 47.0 Å². The summed E-state index contributed by atoms with van der Waals surface area (Å²) >= 11 is 13.0. The zero-order chi connectivity index (χ0) is 32.4. The predicted octanol–water partition coefficient (Wildman–Crippen LogP) is 6.25. The zero-order valence-electron chi connectivity index (χ0n) is 25.5. The number of hydrogen-bond acceptors (Lipinski definition) is 8. The van der Waals surface area contributed by atoms with E-state index in [9.17, 15) is 18.0 Å². The number of anilines is 1. The molecule has 10 nitrogen and oxygen atoms in total. The van der Waals surface area contributed by atoms with Crippen LogP contribution in [0.4, 0.5) is 5.69 Å². The van der Waals surface area contributed by atoms with E-state index >= 15 is 0 Å². The molecule has 4 fully saturated rings. The summed E-state index contributed by atoms with van der Waals surface area (Å²) in [6.45, 7) is 4.23. The average molecular weight is 689 g/mol. The maximum Gasteiger partial charge on any atom is 0.264 e. The molecule has 0 radical (unpaired) electrons. The van der Waals surface area contributed by atoms with E-state index in [1.165, 1.54) is 0 Å². The van der Waals surface area contributed by atoms with Crippen LogP contribution in [0.1, 0.15) is 80.0 Å². The Kier molecular flexibility index (Phi) is 8.20. The van der Waals surface area contributed by atoms with Crippen molar-refractivity contribution in [2.24, 2.45) is 5.92 Å². The molecular formula is C33H35Cl2N3O7S. The summed E-state index contributed by atoms with van der Waals surface area (Å²) in [5.74, 6) is 0.0343. The van der Waals surface area contributed by atoms with E-state index in [1.54, 1.807) is 47.4 Å². The third-order valence-electron chi connectivity index (χ3n) is 9.54. The van der Waals surface area contributed by atoms with Crippen molar-refractivity contribution in [2.75, 3.05) is 11.5 Å². The SMILES string of the molecule is CC1(C)CC(S(=O)(=O)NC(=O)c2ccc(N3C(=O)[C@@H]4C[C@H]3C[C@H]4OCc3c(-c4c(Cl)cccc4Cl)noc3C3CC3)cc2)CCO1. The summed E-state index contributed by atoms with van der Waals surface area (Å²) < 4.78 is 45.9. The highest BCUT2D eigenvalue weighted by atomic mass is 35.5. The number of aromatic nitrogens is 1. The standard InChI is InChI=1S/C33H35Cl2N3O7S/c1-33(2)16-22(12-13-44-33)46(41,42)37-31(39)19-8-10-20(11-9-19)38-21-14-23(32(38)40)27(15-21)43-17-24-29(36-45-30(24)18-6-7-18)28-25(34)4-3-5-26(28)35/h3-5,8-11,18,21-23,27H,6-7,12-17H2,1-2H3,(H,37,39)/t21-,22?,23+,27+/m0/s1. The van der Waals surface area contributed by atoms with Crippen molar-refractivity contribution in [3.8, 4) is 11.3 Å². The highest BCUT2D eigenvalue weighted by Gasteiger charge is 2.52. The van der Waals surface area contributed by atoms with Gasteiger partial charge in [0.2, 0.25) is 15.9 Å². The molecule has 46 heavy (non-hydrogen) atoms. The summed E-state index contributed by atoms with van der Waals surface area (Å²) in [7, 11) is -3.88. The van der Waals surface area contributed by atoms with E-state index < -0.39 is 26.8 Å². The second-order valence-electron chi connectivity index (χ2n) is 13.3. The topological polar surface area (TPSA) is 128 Å². The molecule has 2 saturated carbocycles. The molecule has 1 aromatic heterocycles. The van der Waals surface area contributed by atoms with Gasteiger partial charge in [-0.3, -0.25) is 9.59 Å². The molecule has 7 rings (SSSR count). The summed E-state index contributed by atoms with van der Waals surface area (Å²) in [5, 5.41) is 4.57. The minimum Gasteiger partial charge on any atom is -0.375 e. The maximum atomic E-state index is 13.5. The van der Waals surface area contributed by atoms with E-state index in [4.69, 9.17) is 37.2 Å². The molecule has 244 valence electrons. The molecule has 1 unspecified atom stereocenters. The van der Waals surface area contributed by atoms with Crippen molar-refractivity contribution in [3.63, 3.8) is 0 Å². The molecule has 2 bridgehead atoms. The normalized spacial score (nSPS) is 25.7. The number of sulfonamides is 1. The number of piperidine rings is 1. The Morgan fingerprint density at radius 2 is 1.80 bits per heavy atom. The lowest BCUT2D eigenvalue weighted by atomic mass is 9.98. The molecule has 2 aliphatic carbocycles. The Bertz CT molecular complexity index is 1770. The molecule has 4 aliphatic rings. The highest BCUT2D eigenvalue weighted by molar-refractivity contribution is 7.90. The number of ether oxygens (including phenoxy) is 2. The van der Waals surface area contributed by atoms with Gasteiger partial charge in [-0.2, -0.15) is 0 Å². The minimum atomic E-state index is -3.88. The van der Waals surface area contributed by atoms with Crippen molar-refractivity contribution in [1.29, 1.82) is 0 Å². The fourth-order valence-electron chi connectivity index (χ4n) is 7.05. The number of amides is 2. The van der Waals surface area contributed by atoms with Gasteiger partial charge in [-0.05, 0) is 88.8 Å². The minimum absolute atomic E-state index is 0.0368. The van der Waals surface area contributed by atoms with Crippen LogP contribution >= 0.6 is 23.2 Å². The molecule has 2 aliphatic heterocycles. The Balaban J connectivity index is 1.00. The van der Waals surface area contributed by atoms with Crippen LogP contribution in [-0.4, -0.2) is 55.0 Å². The van der Waals surface area contributed by atoms with Crippen LogP contribution in [0.25, 0.3) is 11.3 Å². The van der Waals surface area contributed by atoms with Crippen LogP contribution in [-0.2, 0) is 30.9 Å². The van der Waals surface area contributed by atoms with Gasteiger partial charge in [0.05, 0.1) is 39.5 Å². The van der Waals surface area contributed by atoms with E-state index in [-0.39, 0.29) is 42.1 Å². The number of nitrogens with zero attached hydrogens (tertiary/aromatic N) is 2. The number of halogens is 2. The van der Waals surface area contributed by atoms with E-state index in [2.05, 4.69) is 9.88 Å². The van der Waals surface area contributed by atoms with Gasteiger partial charge in [0.1, 0.15) is 11.5 Å². The fourth-order valence-corrected chi connectivity index (χ4v) is 9.20. The van der Waals surface area contributed by atoms with E-state index in [0.717, 1.165) is 24.2 Å². The summed E-state index contributed by atoms with van der Waals surface area (Å²) in [5.41, 5.74) is 2.29. The van der Waals surface area contributed by atoms with Crippen molar-refractivity contribution in [2.45, 2.75) is 87.9 Å². The first kappa shape index (κ1) is 31.6. The van der Waals surface area contributed by atoms with E-state index in [1.807, 2.05) is 13.8 Å². The number of nitrogens with one attached hydrogen (secondary N) is 1. The Hall–Kier alpha value is -2.96. The number of rotatable bonds is 9. The number of fused-ring (bicyclic) bond motifs is 2. The van der Waals surface area contributed by atoms with Crippen LogP contribution in [0, 0.1) is 5.92 Å². The summed E-state index contributed by atoms with van der Waals surface area (Å²) in [6, 6.07) is 11.7. The number of benzene rings is 2. The first-order valence-electron chi connectivity index (χ1n) is 15.6. The zero-order valence-corrected chi connectivity index (χ0v) is 27.8. The monoisotopic (exact) mass is 687 g/mol. The van der Waals surface area contributed by atoms with Crippen LogP contribution in [0.5, 0.6) is 0 Å². The van der Waals surface area contributed by atoms with Gasteiger partial charge in [0.25, 0.3) is 5.91 Å². The van der Waals surface area contributed by atoms with Crippen molar-refractivity contribution < 1.29 is 32.0 Å². The summed E-state index contributed by atoms with van der Waals surface area (Å²) in [4.78, 5) is 28.2. The third kappa shape index (κ3) is 5.96. The molecule has 1 N–H and O–H groups in total. The molecule has 0 spiro atoms.